The highest BCUT2D eigenvalue weighted by atomic mass is 15.2. The van der Waals surface area contributed by atoms with Gasteiger partial charge < -0.3 is 0 Å². The van der Waals surface area contributed by atoms with Crippen molar-refractivity contribution in [1.82, 2.24) is 29.1 Å². The molecule has 0 fully saturated rings. The van der Waals surface area contributed by atoms with Crippen LogP contribution in [0.3, 0.4) is 0 Å². The summed E-state index contributed by atoms with van der Waals surface area (Å²) in [5, 5.41) is 2.32. The van der Waals surface area contributed by atoms with Gasteiger partial charge in [0.05, 0.1) is 22.1 Å². The number of benzene rings is 3. The lowest BCUT2D eigenvalue weighted by Gasteiger charge is -2.07. The van der Waals surface area contributed by atoms with Crippen molar-refractivity contribution in [1.29, 1.82) is 0 Å². The lowest BCUT2D eigenvalue weighted by molar-refractivity contribution is 0.939. The van der Waals surface area contributed by atoms with Crippen LogP contribution in [0.25, 0.3) is 44.5 Å². The first-order valence-corrected chi connectivity index (χ1v) is 8.98. The Morgan fingerprint density at radius 2 is 1.39 bits per heavy atom. The zero-order valence-corrected chi connectivity index (χ0v) is 14.8. The highest BCUT2D eigenvalue weighted by Crippen LogP contribution is 2.32. The summed E-state index contributed by atoms with van der Waals surface area (Å²) >= 11 is 0. The van der Waals surface area contributed by atoms with E-state index in [-0.39, 0.29) is 0 Å². The molecule has 0 bridgehead atoms. The van der Waals surface area contributed by atoms with Crippen LogP contribution in [0.2, 0.25) is 0 Å². The van der Waals surface area contributed by atoms with Gasteiger partial charge in [-0.3, -0.25) is 9.13 Å². The molecule has 132 valence electrons. The van der Waals surface area contributed by atoms with Crippen LogP contribution in [0.5, 0.6) is 0 Å². The van der Waals surface area contributed by atoms with E-state index in [1.165, 1.54) is 18.0 Å². The Bertz CT molecular complexity index is 1460. The normalized spacial score (nSPS) is 11.6. The van der Waals surface area contributed by atoms with E-state index in [1.807, 2.05) is 30.6 Å². The summed E-state index contributed by atoms with van der Waals surface area (Å²) in [5.74, 6) is 0.605. The average Bonchev–Trinajstić information content (AvgIpc) is 3.33. The predicted molar refractivity (Wildman–Crippen MR) is 109 cm³/mol. The molecule has 6 rings (SSSR count). The molecule has 6 nitrogen and oxygen atoms in total. The summed E-state index contributed by atoms with van der Waals surface area (Å²) in [6.45, 7) is 0. The molecule has 3 heterocycles. The Morgan fingerprint density at radius 3 is 2.29 bits per heavy atom. The number of rotatable bonds is 2. The standard InChI is InChI=1S/C22H14N6/c1-3-7-19-16(5-1)17-10-9-15(27-14-26-18-6-2-4-8-20(18)27)11-21(17)28(19)22-24-12-23-13-25-22/h1-14H. The number of aromatic nitrogens is 6. The van der Waals surface area contributed by atoms with Gasteiger partial charge in [0.1, 0.15) is 19.0 Å². The molecule has 28 heavy (non-hydrogen) atoms. The Kier molecular flexibility index (Phi) is 3.07. The van der Waals surface area contributed by atoms with E-state index in [4.69, 9.17) is 0 Å². The van der Waals surface area contributed by atoms with Crippen molar-refractivity contribution in [2.24, 2.45) is 0 Å². The van der Waals surface area contributed by atoms with Crippen LogP contribution in [0.15, 0.2) is 85.7 Å². The first-order chi connectivity index (χ1) is 13.9. The third kappa shape index (κ3) is 2.08. The second-order valence-electron chi connectivity index (χ2n) is 6.60. The van der Waals surface area contributed by atoms with Gasteiger partial charge in [-0.15, -0.1) is 0 Å². The fraction of sp³-hybridized carbons (Fsp3) is 0. The Balaban J connectivity index is 1.70. The molecule has 6 aromatic rings. The molecule has 0 N–H and O–H groups in total. The first-order valence-electron chi connectivity index (χ1n) is 8.98. The quantitative estimate of drug-likeness (QED) is 0.461. The Labute approximate surface area is 159 Å². The molecule has 3 aromatic carbocycles. The monoisotopic (exact) mass is 362 g/mol. The van der Waals surface area contributed by atoms with E-state index >= 15 is 0 Å². The summed E-state index contributed by atoms with van der Waals surface area (Å²) in [6.07, 6.45) is 4.91. The molecule has 0 atom stereocenters. The molecule has 0 aliphatic rings. The number of imidazole rings is 1. The zero-order chi connectivity index (χ0) is 18.5. The fourth-order valence-electron chi connectivity index (χ4n) is 3.84. The second kappa shape index (κ2) is 5.72. The van der Waals surface area contributed by atoms with Gasteiger partial charge in [-0.2, -0.15) is 0 Å². The Hall–Kier alpha value is -4.06. The summed E-state index contributed by atoms with van der Waals surface area (Å²) in [5.41, 5.74) is 5.20. The van der Waals surface area contributed by atoms with Gasteiger partial charge in [0.25, 0.3) is 0 Å². The number of nitrogens with zero attached hydrogens (tertiary/aromatic N) is 6. The van der Waals surface area contributed by atoms with E-state index in [2.05, 4.69) is 71.5 Å². The molecule has 0 spiro atoms. The summed E-state index contributed by atoms with van der Waals surface area (Å²) < 4.78 is 4.18. The fourth-order valence-corrected chi connectivity index (χ4v) is 3.84. The van der Waals surface area contributed by atoms with Gasteiger partial charge in [0.2, 0.25) is 5.95 Å². The van der Waals surface area contributed by atoms with E-state index in [9.17, 15) is 0 Å². The number of para-hydroxylation sites is 3. The summed E-state index contributed by atoms with van der Waals surface area (Å²) in [6, 6.07) is 22.9. The van der Waals surface area contributed by atoms with Gasteiger partial charge in [0, 0.05) is 16.5 Å². The Morgan fingerprint density at radius 1 is 0.643 bits per heavy atom. The molecular formula is C22H14N6. The molecule has 0 aliphatic heterocycles. The second-order valence-corrected chi connectivity index (χ2v) is 6.60. The van der Waals surface area contributed by atoms with Gasteiger partial charge >= 0.3 is 0 Å². The largest absolute Gasteiger partial charge is 0.299 e. The van der Waals surface area contributed by atoms with Crippen LogP contribution < -0.4 is 0 Å². The molecule has 0 unspecified atom stereocenters. The summed E-state index contributed by atoms with van der Waals surface area (Å²) in [7, 11) is 0. The summed E-state index contributed by atoms with van der Waals surface area (Å²) in [4.78, 5) is 17.3. The van der Waals surface area contributed by atoms with Crippen molar-refractivity contribution in [2.45, 2.75) is 0 Å². The van der Waals surface area contributed by atoms with E-state index in [0.717, 1.165) is 33.1 Å². The van der Waals surface area contributed by atoms with Crippen molar-refractivity contribution >= 4 is 32.8 Å². The van der Waals surface area contributed by atoms with Gasteiger partial charge in [0.15, 0.2) is 0 Å². The molecule has 6 heteroatoms. The van der Waals surface area contributed by atoms with Crippen LogP contribution in [-0.2, 0) is 0 Å². The predicted octanol–water partition coefficient (Wildman–Crippen LogP) is 4.31. The molecule has 0 amide bonds. The third-order valence-corrected chi connectivity index (χ3v) is 5.07. The number of hydrogen-bond donors (Lipinski definition) is 0. The topological polar surface area (TPSA) is 61.4 Å². The van der Waals surface area contributed by atoms with Crippen molar-refractivity contribution in [3.63, 3.8) is 0 Å². The van der Waals surface area contributed by atoms with Crippen LogP contribution in [-0.4, -0.2) is 29.1 Å². The van der Waals surface area contributed by atoms with Gasteiger partial charge in [-0.05, 0) is 30.3 Å². The van der Waals surface area contributed by atoms with Crippen LogP contribution in [0.1, 0.15) is 0 Å². The highest BCUT2D eigenvalue weighted by molar-refractivity contribution is 6.09. The van der Waals surface area contributed by atoms with Crippen LogP contribution in [0.4, 0.5) is 0 Å². The van der Waals surface area contributed by atoms with E-state index in [0.29, 0.717) is 5.95 Å². The van der Waals surface area contributed by atoms with Gasteiger partial charge in [-0.25, -0.2) is 19.9 Å². The zero-order valence-electron chi connectivity index (χ0n) is 14.8. The van der Waals surface area contributed by atoms with Crippen LogP contribution in [0, 0.1) is 0 Å². The molecule has 0 aliphatic carbocycles. The maximum absolute atomic E-state index is 4.52. The average molecular weight is 362 g/mol. The van der Waals surface area contributed by atoms with Gasteiger partial charge in [-0.1, -0.05) is 36.4 Å². The molecule has 0 saturated carbocycles. The SMILES string of the molecule is c1ccc2c(c1)ncn2-c1ccc2c3ccccc3n(-c3ncncn3)c2c1. The molecule has 0 radical (unpaired) electrons. The van der Waals surface area contributed by atoms with Crippen molar-refractivity contribution in [2.75, 3.05) is 0 Å². The minimum atomic E-state index is 0.605. The minimum Gasteiger partial charge on any atom is -0.299 e. The van der Waals surface area contributed by atoms with Crippen molar-refractivity contribution < 1.29 is 0 Å². The third-order valence-electron chi connectivity index (χ3n) is 5.07. The van der Waals surface area contributed by atoms with Crippen LogP contribution >= 0.6 is 0 Å². The number of fused-ring (bicyclic) bond motifs is 4. The van der Waals surface area contributed by atoms with E-state index < -0.39 is 0 Å². The minimum absolute atomic E-state index is 0.605. The van der Waals surface area contributed by atoms with Crippen molar-refractivity contribution in [3.05, 3.63) is 85.7 Å². The lowest BCUT2D eigenvalue weighted by Crippen LogP contribution is -2.01. The molecule has 3 aromatic heterocycles. The lowest BCUT2D eigenvalue weighted by atomic mass is 10.1. The maximum atomic E-state index is 4.52. The van der Waals surface area contributed by atoms with Crippen molar-refractivity contribution in [3.8, 4) is 11.6 Å². The molecular weight excluding hydrogens is 348 g/mol. The first kappa shape index (κ1) is 15.0. The highest BCUT2D eigenvalue weighted by Gasteiger charge is 2.15. The van der Waals surface area contributed by atoms with E-state index in [1.54, 1.807) is 0 Å². The number of hydrogen-bond acceptors (Lipinski definition) is 4. The molecule has 0 saturated heterocycles. The smallest absolute Gasteiger partial charge is 0.237 e. The maximum Gasteiger partial charge on any atom is 0.237 e.